The summed E-state index contributed by atoms with van der Waals surface area (Å²) in [6.45, 7) is 0. The molecule has 164 valence electrons. The van der Waals surface area contributed by atoms with E-state index in [0.29, 0.717) is 6.04 Å². The molecule has 1 saturated carbocycles. The van der Waals surface area contributed by atoms with E-state index in [-0.39, 0.29) is 5.75 Å². The normalized spacial score (nSPS) is 15.0. The van der Waals surface area contributed by atoms with Crippen molar-refractivity contribution in [1.29, 1.82) is 0 Å². The molecule has 1 heterocycles. The number of carbonyl (C=O) groups is 1. The minimum atomic E-state index is -1.32. The zero-order valence-corrected chi connectivity index (χ0v) is 18.2. The maximum absolute atomic E-state index is 11.0. The molecule has 32 heavy (non-hydrogen) atoms. The van der Waals surface area contributed by atoms with Crippen LogP contribution in [0, 0.1) is 0 Å². The molecule has 0 aliphatic heterocycles. The molecule has 0 atom stereocenters. The number of fused-ring (bicyclic) bond motifs is 2. The van der Waals surface area contributed by atoms with Crippen molar-refractivity contribution in [3.63, 3.8) is 0 Å². The molecule has 0 amide bonds. The van der Waals surface area contributed by atoms with Crippen molar-refractivity contribution >= 4 is 39.6 Å². The van der Waals surface area contributed by atoms with Gasteiger partial charge in [-0.3, -0.25) is 0 Å². The summed E-state index contributed by atoms with van der Waals surface area (Å²) in [5.41, 5.74) is 2.82. The molecule has 4 aromatic rings. The van der Waals surface area contributed by atoms with Crippen molar-refractivity contribution in [3.05, 3.63) is 60.7 Å². The van der Waals surface area contributed by atoms with Gasteiger partial charge >= 0.3 is 6.16 Å². The van der Waals surface area contributed by atoms with Gasteiger partial charge in [0.25, 0.3) is 0 Å². The Morgan fingerprint density at radius 3 is 2.50 bits per heavy atom. The average molecular weight is 430 g/mol. The molecule has 0 bridgehead atoms. The third kappa shape index (κ3) is 3.88. The van der Waals surface area contributed by atoms with Crippen molar-refractivity contribution in [2.24, 2.45) is 0 Å². The number of imidazole rings is 1. The molecule has 5 rings (SSSR count). The number of nitrogens with zero attached hydrogens (tertiary/aromatic N) is 3. The summed E-state index contributed by atoms with van der Waals surface area (Å²) in [6, 6.07) is 20.5. The lowest BCUT2D eigenvalue weighted by Gasteiger charge is -2.25. The standard InChI is InChI=1S/C26H27N3O3/c1-28(21-13-12-18-8-6-7-9-19(18)16-21)25-27-23-17-22(32-26(30)31)14-15-24(23)29(25)20-10-4-2-3-5-11-20/h6-9,12-17,20H,2-5,10-11H2,1H3,(H,30,31). The Bertz CT molecular complexity index is 1270. The number of ether oxygens (including phenoxy) is 1. The molecular weight excluding hydrogens is 402 g/mol. The van der Waals surface area contributed by atoms with Crippen LogP contribution in [0.4, 0.5) is 16.4 Å². The van der Waals surface area contributed by atoms with Crippen molar-refractivity contribution in [1.82, 2.24) is 9.55 Å². The number of hydrogen-bond acceptors (Lipinski definition) is 4. The van der Waals surface area contributed by atoms with Gasteiger partial charge in [-0.05, 0) is 47.9 Å². The lowest BCUT2D eigenvalue weighted by molar-refractivity contribution is 0.144. The summed E-state index contributed by atoms with van der Waals surface area (Å²) >= 11 is 0. The van der Waals surface area contributed by atoms with Crippen LogP contribution >= 0.6 is 0 Å². The number of benzene rings is 3. The zero-order chi connectivity index (χ0) is 22.1. The minimum absolute atomic E-state index is 0.287. The zero-order valence-electron chi connectivity index (χ0n) is 18.2. The highest BCUT2D eigenvalue weighted by Gasteiger charge is 2.24. The van der Waals surface area contributed by atoms with E-state index in [1.165, 1.54) is 36.5 Å². The van der Waals surface area contributed by atoms with E-state index in [2.05, 4.69) is 45.9 Å². The molecule has 0 unspecified atom stereocenters. The van der Waals surface area contributed by atoms with Gasteiger partial charge in [0.2, 0.25) is 5.95 Å². The van der Waals surface area contributed by atoms with Crippen LogP contribution in [0.3, 0.4) is 0 Å². The quantitative estimate of drug-likeness (QED) is 0.217. The summed E-state index contributed by atoms with van der Waals surface area (Å²) in [6.07, 6.45) is 5.90. The highest BCUT2D eigenvalue weighted by molar-refractivity contribution is 5.87. The molecule has 0 saturated heterocycles. The van der Waals surface area contributed by atoms with E-state index in [9.17, 15) is 4.79 Å². The summed E-state index contributed by atoms with van der Waals surface area (Å²) in [4.78, 5) is 18.1. The Hall–Kier alpha value is -3.54. The molecule has 1 N–H and O–H groups in total. The van der Waals surface area contributed by atoms with E-state index in [0.717, 1.165) is 35.5 Å². The summed E-state index contributed by atoms with van der Waals surface area (Å²) in [7, 11) is 2.05. The number of anilines is 2. The fraction of sp³-hybridized carbons (Fsp3) is 0.308. The number of carboxylic acid groups (broad SMARTS) is 1. The Kier molecular flexibility index (Phi) is 5.43. The van der Waals surface area contributed by atoms with Crippen LogP contribution in [-0.2, 0) is 0 Å². The smallest absolute Gasteiger partial charge is 0.449 e. The Morgan fingerprint density at radius 1 is 1.00 bits per heavy atom. The van der Waals surface area contributed by atoms with E-state index < -0.39 is 6.16 Å². The Labute approximate surface area is 187 Å². The van der Waals surface area contributed by atoms with Gasteiger partial charge in [0.05, 0.1) is 11.0 Å². The minimum Gasteiger partial charge on any atom is -0.449 e. The molecule has 6 heteroatoms. The SMILES string of the molecule is CN(c1ccc2ccccc2c1)c1nc2cc(OC(=O)O)ccc2n1C1CCCCCC1. The Morgan fingerprint density at radius 2 is 1.75 bits per heavy atom. The third-order valence-electron chi connectivity index (χ3n) is 6.46. The molecule has 1 aliphatic carbocycles. The fourth-order valence-electron chi connectivity index (χ4n) is 4.84. The second-order valence-corrected chi connectivity index (χ2v) is 8.54. The monoisotopic (exact) mass is 429 g/mol. The van der Waals surface area contributed by atoms with Crippen molar-refractivity contribution in [2.45, 2.75) is 44.6 Å². The highest BCUT2D eigenvalue weighted by atomic mass is 16.7. The van der Waals surface area contributed by atoms with Crippen molar-refractivity contribution in [2.75, 3.05) is 11.9 Å². The molecule has 1 aliphatic rings. The first-order valence-corrected chi connectivity index (χ1v) is 11.3. The maximum Gasteiger partial charge on any atom is 0.511 e. The molecular formula is C26H27N3O3. The van der Waals surface area contributed by atoms with Gasteiger partial charge in [-0.2, -0.15) is 0 Å². The molecule has 6 nitrogen and oxygen atoms in total. The van der Waals surface area contributed by atoms with Crippen LogP contribution in [0.2, 0.25) is 0 Å². The van der Waals surface area contributed by atoms with Crippen molar-refractivity contribution in [3.8, 4) is 5.75 Å². The summed E-state index contributed by atoms with van der Waals surface area (Å²) < 4.78 is 7.23. The molecule has 1 aromatic heterocycles. The first-order valence-electron chi connectivity index (χ1n) is 11.3. The number of aromatic nitrogens is 2. The summed E-state index contributed by atoms with van der Waals surface area (Å²) in [5, 5.41) is 11.4. The van der Waals surface area contributed by atoms with Gasteiger partial charge in [0.1, 0.15) is 5.75 Å². The van der Waals surface area contributed by atoms with Gasteiger partial charge in [-0.25, -0.2) is 9.78 Å². The highest BCUT2D eigenvalue weighted by Crippen LogP contribution is 2.37. The Balaban J connectivity index is 1.63. The molecule has 1 fully saturated rings. The van der Waals surface area contributed by atoms with E-state index in [1.807, 2.05) is 19.2 Å². The second kappa shape index (κ2) is 8.54. The van der Waals surface area contributed by atoms with Crippen LogP contribution in [0.15, 0.2) is 60.7 Å². The summed E-state index contributed by atoms with van der Waals surface area (Å²) in [5.74, 6) is 1.16. The molecule has 0 spiro atoms. The second-order valence-electron chi connectivity index (χ2n) is 8.54. The lowest BCUT2D eigenvalue weighted by atomic mass is 10.1. The van der Waals surface area contributed by atoms with Gasteiger partial charge in [0, 0.05) is 24.8 Å². The average Bonchev–Trinajstić information content (AvgIpc) is 2.96. The fourth-order valence-corrected chi connectivity index (χ4v) is 4.84. The lowest BCUT2D eigenvalue weighted by Crippen LogP contribution is -2.19. The van der Waals surface area contributed by atoms with Crippen LogP contribution in [0.5, 0.6) is 5.75 Å². The van der Waals surface area contributed by atoms with Gasteiger partial charge in [0.15, 0.2) is 0 Å². The van der Waals surface area contributed by atoms with Gasteiger partial charge in [-0.1, -0.05) is 56.0 Å². The first-order chi connectivity index (χ1) is 15.6. The van der Waals surface area contributed by atoms with Crippen LogP contribution in [0.1, 0.15) is 44.6 Å². The van der Waals surface area contributed by atoms with Crippen LogP contribution in [0.25, 0.3) is 21.8 Å². The van der Waals surface area contributed by atoms with E-state index >= 15 is 0 Å². The first kappa shape index (κ1) is 20.4. The maximum atomic E-state index is 11.0. The predicted molar refractivity (Wildman–Crippen MR) is 127 cm³/mol. The topological polar surface area (TPSA) is 67.6 Å². The van der Waals surface area contributed by atoms with Crippen LogP contribution < -0.4 is 9.64 Å². The van der Waals surface area contributed by atoms with Crippen LogP contribution in [-0.4, -0.2) is 27.9 Å². The largest absolute Gasteiger partial charge is 0.511 e. The third-order valence-corrected chi connectivity index (χ3v) is 6.46. The number of hydrogen-bond donors (Lipinski definition) is 1. The van der Waals surface area contributed by atoms with E-state index in [4.69, 9.17) is 14.8 Å². The van der Waals surface area contributed by atoms with Gasteiger partial charge in [-0.15, -0.1) is 0 Å². The van der Waals surface area contributed by atoms with Crippen molar-refractivity contribution < 1.29 is 14.6 Å². The molecule has 3 aromatic carbocycles. The molecule has 0 radical (unpaired) electrons. The van der Waals surface area contributed by atoms with E-state index in [1.54, 1.807) is 12.1 Å². The number of rotatable bonds is 4. The van der Waals surface area contributed by atoms with Gasteiger partial charge < -0.3 is 19.3 Å². The predicted octanol–water partition coefficient (Wildman–Crippen LogP) is 6.91.